The molecule has 0 unspecified atom stereocenters. The number of imidazole rings is 1. The third kappa shape index (κ3) is 4.04. The highest BCUT2D eigenvalue weighted by atomic mass is 16.5. The molecule has 27 heavy (non-hydrogen) atoms. The number of aromatic nitrogens is 2. The molecule has 4 rings (SSSR count). The van der Waals surface area contributed by atoms with Crippen molar-refractivity contribution in [1.82, 2.24) is 9.66 Å². The van der Waals surface area contributed by atoms with Gasteiger partial charge in [0.05, 0.1) is 18.1 Å². The van der Waals surface area contributed by atoms with Crippen molar-refractivity contribution in [2.75, 3.05) is 5.73 Å². The summed E-state index contributed by atoms with van der Waals surface area (Å²) in [4.78, 5) is 4.37. The number of para-hydroxylation sites is 1. The van der Waals surface area contributed by atoms with Gasteiger partial charge in [-0.2, -0.15) is 5.10 Å². The van der Waals surface area contributed by atoms with Gasteiger partial charge in [0, 0.05) is 5.56 Å². The third-order valence-electron chi connectivity index (χ3n) is 3.95. The van der Waals surface area contributed by atoms with Crippen molar-refractivity contribution >= 4 is 12.2 Å². The van der Waals surface area contributed by atoms with E-state index in [1.807, 2.05) is 91.1 Å². The highest BCUT2D eigenvalue weighted by Crippen LogP contribution is 2.22. The van der Waals surface area contributed by atoms with Crippen LogP contribution in [0.4, 0.5) is 5.95 Å². The number of benzene rings is 3. The van der Waals surface area contributed by atoms with Gasteiger partial charge in [-0.05, 0) is 29.8 Å². The van der Waals surface area contributed by atoms with Gasteiger partial charge in [0.1, 0.15) is 11.5 Å². The van der Waals surface area contributed by atoms with Gasteiger partial charge in [0.25, 0.3) is 0 Å². The number of anilines is 1. The Bertz CT molecular complexity index is 1060. The van der Waals surface area contributed by atoms with Crippen LogP contribution in [-0.4, -0.2) is 15.9 Å². The summed E-state index contributed by atoms with van der Waals surface area (Å²) in [6, 6.07) is 27.2. The van der Waals surface area contributed by atoms with E-state index in [1.54, 1.807) is 10.9 Å². The quantitative estimate of drug-likeness (QED) is 0.523. The second-order valence-electron chi connectivity index (χ2n) is 5.93. The fourth-order valence-corrected chi connectivity index (χ4v) is 2.64. The standard InChI is InChI=1S/C22H18N4O/c23-22-25-21(18-9-3-1-4-10-18)16-26(22)24-15-17-8-7-13-20(14-17)27-19-11-5-2-6-12-19/h1-16H,(H2,23,25). The van der Waals surface area contributed by atoms with Gasteiger partial charge < -0.3 is 10.5 Å². The Labute approximate surface area is 157 Å². The topological polar surface area (TPSA) is 65.4 Å². The predicted molar refractivity (Wildman–Crippen MR) is 108 cm³/mol. The molecule has 0 amide bonds. The maximum absolute atomic E-state index is 5.99. The average molecular weight is 354 g/mol. The van der Waals surface area contributed by atoms with E-state index >= 15 is 0 Å². The van der Waals surface area contributed by atoms with Gasteiger partial charge in [-0.1, -0.05) is 60.7 Å². The number of hydrogen-bond donors (Lipinski definition) is 1. The van der Waals surface area contributed by atoms with Crippen LogP contribution in [0.1, 0.15) is 5.56 Å². The van der Waals surface area contributed by atoms with Gasteiger partial charge in [0.15, 0.2) is 0 Å². The molecule has 0 radical (unpaired) electrons. The molecule has 132 valence electrons. The van der Waals surface area contributed by atoms with Gasteiger partial charge in [-0.15, -0.1) is 0 Å². The molecule has 0 aliphatic carbocycles. The number of rotatable bonds is 5. The van der Waals surface area contributed by atoms with E-state index in [0.717, 1.165) is 28.3 Å². The lowest BCUT2D eigenvalue weighted by molar-refractivity contribution is 0.482. The zero-order chi connectivity index (χ0) is 18.5. The average Bonchev–Trinajstić information content (AvgIpc) is 3.09. The van der Waals surface area contributed by atoms with Crippen molar-refractivity contribution in [3.63, 3.8) is 0 Å². The molecule has 3 aromatic carbocycles. The van der Waals surface area contributed by atoms with Crippen molar-refractivity contribution in [3.05, 3.63) is 96.7 Å². The molecule has 0 atom stereocenters. The van der Waals surface area contributed by atoms with E-state index < -0.39 is 0 Å². The molecule has 4 aromatic rings. The highest BCUT2D eigenvalue weighted by Gasteiger charge is 2.05. The Hall–Kier alpha value is -3.86. The van der Waals surface area contributed by atoms with Gasteiger partial charge >= 0.3 is 0 Å². The third-order valence-corrected chi connectivity index (χ3v) is 3.95. The van der Waals surface area contributed by atoms with Crippen molar-refractivity contribution in [2.24, 2.45) is 5.10 Å². The fourth-order valence-electron chi connectivity index (χ4n) is 2.64. The van der Waals surface area contributed by atoms with E-state index in [2.05, 4.69) is 10.1 Å². The number of nitrogens with two attached hydrogens (primary N) is 1. The van der Waals surface area contributed by atoms with Crippen LogP contribution in [0, 0.1) is 0 Å². The van der Waals surface area contributed by atoms with Gasteiger partial charge in [0.2, 0.25) is 5.95 Å². The van der Waals surface area contributed by atoms with Gasteiger partial charge in [-0.25, -0.2) is 9.66 Å². The Morgan fingerprint density at radius 1 is 0.852 bits per heavy atom. The maximum atomic E-state index is 5.99. The molecule has 1 aromatic heterocycles. The van der Waals surface area contributed by atoms with Crippen LogP contribution in [0.2, 0.25) is 0 Å². The van der Waals surface area contributed by atoms with Crippen LogP contribution in [0.15, 0.2) is 96.2 Å². The van der Waals surface area contributed by atoms with Crippen LogP contribution >= 0.6 is 0 Å². The number of nitrogens with zero attached hydrogens (tertiary/aromatic N) is 3. The Morgan fingerprint density at radius 3 is 2.33 bits per heavy atom. The summed E-state index contributed by atoms with van der Waals surface area (Å²) in [7, 11) is 0. The van der Waals surface area contributed by atoms with Crippen molar-refractivity contribution in [2.45, 2.75) is 0 Å². The minimum atomic E-state index is 0.335. The lowest BCUT2D eigenvalue weighted by atomic mass is 10.2. The number of ether oxygens (including phenoxy) is 1. The largest absolute Gasteiger partial charge is 0.457 e. The summed E-state index contributed by atoms with van der Waals surface area (Å²) in [5, 5.41) is 4.42. The van der Waals surface area contributed by atoms with Crippen molar-refractivity contribution in [3.8, 4) is 22.8 Å². The van der Waals surface area contributed by atoms with Crippen LogP contribution in [0.25, 0.3) is 11.3 Å². The molecule has 0 saturated carbocycles. The van der Waals surface area contributed by atoms with E-state index in [9.17, 15) is 0 Å². The first-order valence-corrected chi connectivity index (χ1v) is 8.55. The second kappa shape index (κ2) is 7.58. The number of hydrogen-bond acceptors (Lipinski definition) is 4. The van der Waals surface area contributed by atoms with Crippen LogP contribution < -0.4 is 10.5 Å². The van der Waals surface area contributed by atoms with E-state index in [-0.39, 0.29) is 0 Å². The smallest absolute Gasteiger partial charge is 0.221 e. The van der Waals surface area contributed by atoms with Crippen molar-refractivity contribution < 1.29 is 4.74 Å². The van der Waals surface area contributed by atoms with Gasteiger partial charge in [-0.3, -0.25) is 0 Å². The fraction of sp³-hybridized carbons (Fsp3) is 0. The van der Waals surface area contributed by atoms with E-state index in [4.69, 9.17) is 10.5 Å². The molecule has 0 fully saturated rings. The minimum absolute atomic E-state index is 0.335. The maximum Gasteiger partial charge on any atom is 0.221 e. The Morgan fingerprint density at radius 2 is 1.56 bits per heavy atom. The molecule has 0 saturated heterocycles. The first-order chi connectivity index (χ1) is 13.3. The molecule has 2 N–H and O–H groups in total. The van der Waals surface area contributed by atoms with Crippen LogP contribution in [0.5, 0.6) is 11.5 Å². The first kappa shape index (κ1) is 16.6. The molecule has 0 aliphatic heterocycles. The normalized spacial score (nSPS) is 11.0. The predicted octanol–water partition coefficient (Wildman–Crippen LogP) is 4.81. The minimum Gasteiger partial charge on any atom is -0.457 e. The summed E-state index contributed by atoms with van der Waals surface area (Å²) in [5.74, 6) is 1.87. The molecule has 0 bridgehead atoms. The molecule has 5 nitrogen and oxygen atoms in total. The lowest BCUT2D eigenvalue weighted by Gasteiger charge is -2.05. The Balaban J connectivity index is 1.53. The highest BCUT2D eigenvalue weighted by molar-refractivity contribution is 5.80. The van der Waals surface area contributed by atoms with E-state index in [1.165, 1.54) is 0 Å². The molecule has 0 aliphatic rings. The summed E-state index contributed by atoms with van der Waals surface area (Å²) in [6.45, 7) is 0. The SMILES string of the molecule is Nc1nc(-c2ccccc2)cn1N=Cc1cccc(Oc2ccccc2)c1. The van der Waals surface area contributed by atoms with Crippen LogP contribution in [-0.2, 0) is 0 Å². The second-order valence-corrected chi connectivity index (χ2v) is 5.93. The molecule has 1 heterocycles. The molecular weight excluding hydrogens is 336 g/mol. The van der Waals surface area contributed by atoms with E-state index in [0.29, 0.717) is 5.95 Å². The molecule has 0 spiro atoms. The zero-order valence-corrected chi connectivity index (χ0v) is 14.6. The molecular formula is C22H18N4O. The summed E-state index contributed by atoms with van der Waals surface area (Å²) < 4.78 is 7.41. The van der Waals surface area contributed by atoms with Crippen LogP contribution in [0.3, 0.4) is 0 Å². The lowest BCUT2D eigenvalue weighted by Crippen LogP contribution is -1.97. The molecule has 5 heteroatoms. The number of nitrogen functional groups attached to an aromatic ring is 1. The summed E-state index contributed by atoms with van der Waals surface area (Å²) in [6.07, 6.45) is 3.54. The monoisotopic (exact) mass is 354 g/mol. The first-order valence-electron chi connectivity index (χ1n) is 8.55. The Kier molecular flexibility index (Phi) is 4.66. The zero-order valence-electron chi connectivity index (χ0n) is 14.6. The van der Waals surface area contributed by atoms with Crippen molar-refractivity contribution in [1.29, 1.82) is 0 Å². The summed E-state index contributed by atoms with van der Waals surface area (Å²) >= 11 is 0. The summed E-state index contributed by atoms with van der Waals surface area (Å²) in [5.41, 5.74) is 8.67.